The Morgan fingerprint density at radius 2 is 0.955 bits per heavy atom. The molecule has 6 nitrogen and oxygen atoms in total. The SMILES string of the molecule is CCCCCCCC/C=C\CCCCC(O)C(=O)NC(CO)C(O)C(O)CCC/C=C/CC/C=C/CCCCCCCCC. The molecule has 0 aromatic carbocycles. The number of allylic oxidation sites excluding steroid dienone is 6. The van der Waals surface area contributed by atoms with Crippen LogP contribution in [-0.4, -0.2) is 57.3 Å². The van der Waals surface area contributed by atoms with Gasteiger partial charge in [-0.3, -0.25) is 4.79 Å². The fourth-order valence-electron chi connectivity index (χ4n) is 5.29. The first-order valence-corrected chi connectivity index (χ1v) is 18.4. The van der Waals surface area contributed by atoms with Gasteiger partial charge in [-0.1, -0.05) is 127 Å². The molecule has 0 aliphatic rings. The van der Waals surface area contributed by atoms with Crippen LogP contribution >= 0.6 is 0 Å². The largest absolute Gasteiger partial charge is 0.394 e. The summed E-state index contributed by atoms with van der Waals surface area (Å²) in [7, 11) is 0. The summed E-state index contributed by atoms with van der Waals surface area (Å²) in [6.45, 7) is 3.98. The summed E-state index contributed by atoms with van der Waals surface area (Å²) in [5, 5.41) is 43.3. The van der Waals surface area contributed by atoms with E-state index in [1.165, 1.54) is 89.9 Å². The number of unbranched alkanes of at least 4 members (excludes halogenated alkanes) is 17. The van der Waals surface area contributed by atoms with Crippen molar-refractivity contribution in [2.45, 2.75) is 192 Å². The highest BCUT2D eigenvalue weighted by Gasteiger charge is 2.28. The van der Waals surface area contributed by atoms with Crippen molar-refractivity contribution in [2.75, 3.05) is 6.61 Å². The Kier molecular flexibility index (Phi) is 31.8. The monoisotopic (exact) mass is 622 g/mol. The molecule has 0 fully saturated rings. The summed E-state index contributed by atoms with van der Waals surface area (Å²) >= 11 is 0. The van der Waals surface area contributed by atoms with Gasteiger partial charge in [-0.2, -0.15) is 0 Å². The minimum atomic E-state index is -1.29. The molecule has 6 heteroatoms. The number of rotatable bonds is 32. The maximum absolute atomic E-state index is 12.4. The number of hydrogen-bond acceptors (Lipinski definition) is 5. The Labute approximate surface area is 271 Å². The Morgan fingerprint density at radius 1 is 0.545 bits per heavy atom. The second-order valence-electron chi connectivity index (χ2n) is 12.5. The lowest BCUT2D eigenvalue weighted by atomic mass is 10.00. The molecule has 0 spiro atoms. The normalized spacial score (nSPS) is 15.0. The molecule has 1 amide bonds. The quantitative estimate of drug-likeness (QED) is 0.0382. The van der Waals surface area contributed by atoms with E-state index in [1.54, 1.807) is 0 Å². The second kappa shape index (κ2) is 32.9. The molecule has 0 aliphatic carbocycles. The van der Waals surface area contributed by atoms with Gasteiger partial charge in [0.2, 0.25) is 5.91 Å². The summed E-state index contributed by atoms with van der Waals surface area (Å²) in [5.41, 5.74) is 0. The summed E-state index contributed by atoms with van der Waals surface area (Å²) in [4.78, 5) is 12.4. The van der Waals surface area contributed by atoms with E-state index in [0.717, 1.165) is 38.5 Å². The van der Waals surface area contributed by atoms with Crippen molar-refractivity contribution >= 4 is 5.91 Å². The third kappa shape index (κ3) is 26.9. The Bertz CT molecular complexity index is 707. The van der Waals surface area contributed by atoms with Crippen LogP contribution in [0, 0.1) is 0 Å². The maximum atomic E-state index is 12.4. The molecule has 0 rings (SSSR count). The number of amides is 1. The number of aliphatic hydroxyl groups excluding tert-OH is 4. The highest BCUT2D eigenvalue weighted by molar-refractivity contribution is 5.80. The van der Waals surface area contributed by atoms with Crippen molar-refractivity contribution in [1.82, 2.24) is 5.32 Å². The predicted octanol–water partition coefficient (Wildman–Crippen LogP) is 8.62. The average molecular weight is 622 g/mol. The fourth-order valence-corrected chi connectivity index (χ4v) is 5.29. The van der Waals surface area contributed by atoms with Gasteiger partial charge in [-0.05, 0) is 77.0 Å². The number of hydrogen-bond donors (Lipinski definition) is 5. The Hall–Kier alpha value is -1.47. The van der Waals surface area contributed by atoms with E-state index in [2.05, 4.69) is 55.6 Å². The second-order valence-corrected chi connectivity index (χ2v) is 12.5. The molecule has 258 valence electrons. The smallest absolute Gasteiger partial charge is 0.249 e. The molecule has 0 bridgehead atoms. The molecule has 0 aliphatic heterocycles. The first kappa shape index (κ1) is 42.5. The summed E-state index contributed by atoms with van der Waals surface area (Å²) in [6.07, 6.45) is 35.9. The van der Waals surface area contributed by atoms with Crippen LogP contribution in [0.25, 0.3) is 0 Å². The van der Waals surface area contributed by atoms with Crippen LogP contribution in [0.15, 0.2) is 36.5 Å². The van der Waals surface area contributed by atoms with E-state index in [4.69, 9.17) is 0 Å². The highest BCUT2D eigenvalue weighted by atomic mass is 16.3. The van der Waals surface area contributed by atoms with Gasteiger partial charge in [0.1, 0.15) is 12.2 Å². The molecule has 0 saturated carbocycles. The van der Waals surface area contributed by atoms with Crippen molar-refractivity contribution in [1.29, 1.82) is 0 Å². The lowest BCUT2D eigenvalue weighted by Crippen LogP contribution is -2.53. The zero-order chi connectivity index (χ0) is 32.5. The molecule has 4 unspecified atom stereocenters. The van der Waals surface area contributed by atoms with Gasteiger partial charge in [0.15, 0.2) is 0 Å². The first-order chi connectivity index (χ1) is 21.5. The van der Waals surface area contributed by atoms with E-state index < -0.39 is 36.9 Å². The molecule has 0 aromatic heterocycles. The number of nitrogens with one attached hydrogen (secondary N) is 1. The van der Waals surface area contributed by atoms with E-state index in [-0.39, 0.29) is 0 Å². The zero-order valence-electron chi connectivity index (χ0n) is 28.6. The molecule has 0 radical (unpaired) electrons. The molecule has 44 heavy (non-hydrogen) atoms. The van der Waals surface area contributed by atoms with Gasteiger partial charge >= 0.3 is 0 Å². The van der Waals surface area contributed by atoms with Gasteiger partial charge in [-0.25, -0.2) is 0 Å². The van der Waals surface area contributed by atoms with Gasteiger partial charge < -0.3 is 25.7 Å². The molecule has 0 saturated heterocycles. The summed E-state index contributed by atoms with van der Waals surface area (Å²) in [6, 6.07) is -1.01. The highest BCUT2D eigenvalue weighted by Crippen LogP contribution is 2.12. The predicted molar refractivity (Wildman–Crippen MR) is 187 cm³/mol. The fraction of sp³-hybridized carbons (Fsp3) is 0.816. The van der Waals surface area contributed by atoms with E-state index >= 15 is 0 Å². The van der Waals surface area contributed by atoms with Crippen molar-refractivity contribution in [3.8, 4) is 0 Å². The van der Waals surface area contributed by atoms with Gasteiger partial charge in [0, 0.05) is 0 Å². The van der Waals surface area contributed by atoms with E-state index in [1.807, 2.05) is 0 Å². The van der Waals surface area contributed by atoms with Crippen molar-refractivity contribution in [2.24, 2.45) is 0 Å². The molecule has 0 heterocycles. The van der Waals surface area contributed by atoms with Gasteiger partial charge in [0.05, 0.1) is 18.8 Å². The van der Waals surface area contributed by atoms with Crippen LogP contribution in [-0.2, 0) is 4.79 Å². The van der Waals surface area contributed by atoms with Crippen LogP contribution in [0.2, 0.25) is 0 Å². The number of carbonyl (C=O) groups is 1. The Balaban J connectivity index is 3.94. The minimum Gasteiger partial charge on any atom is -0.394 e. The van der Waals surface area contributed by atoms with Crippen molar-refractivity contribution in [3.05, 3.63) is 36.5 Å². The number of aliphatic hydroxyl groups is 4. The lowest BCUT2D eigenvalue weighted by Gasteiger charge is -2.27. The first-order valence-electron chi connectivity index (χ1n) is 18.4. The van der Waals surface area contributed by atoms with Gasteiger partial charge in [-0.15, -0.1) is 0 Å². The van der Waals surface area contributed by atoms with E-state index in [9.17, 15) is 25.2 Å². The van der Waals surface area contributed by atoms with Crippen LogP contribution in [0.3, 0.4) is 0 Å². The lowest BCUT2D eigenvalue weighted by molar-refractivity contribution is -0.132. The van der Waals surface area contributed by atoms with Crippen molar-refractivity contribution < 1.29 is 25.2 Å². The molecule has 0 aromatic rings. The molecule has 4 atom stereocenters. The third-order valence-corrected chi connectivity index (χ3v) is 8.30. The molecular formula is C38H71NO5. The Morgan fingerprint density at radius 3 is 1.43 bits per heavy atom. The van der Waals surface area contributed by atoms with Crippen LogP contribution < -0.4 is 5.32 Å². The summed E-state index contributed by atoms with van der Waals surface area (Å²) in [5.74, 6) is -0.617. The average Bonchev–Trinajstić information content (AvgIpc) is 3.03. The molecular weight excluding hydrogens is 550 g/mol. The molecule has 5 N–H and O–H groups in total. The zero-order valence-corrected chi connectivity index (χ0v) is 28.6. The standard InChI is InChI=1S/C38H71NO5/c1-3-5-7-9-11-13-15-17-18-19-20-22-23-25-27-29-31-35(41)37(43)34(33-40)39-38(44)36(42)32-30-28-26-24-21-16-14-12-10-8-6-4-2/h18-19,21,23-25,34-37,40-43H,3-17,20,22,26-33H2,1-2H3,(H,39,44)/b19-18+,24-21-,25-23+. The minimum absolute atomic E-state index is 0.329. The van der Waals surface area contributed by atoms with E-state index in [0.29, 0.717) is 25.7 Å². The maximum Gasteiger partial charge on any atom is 0.249 e. The van der Waals surface area contributed by atoms with Crippen molar-refractivity contribution in [3.63, 3.8) is 0 Å². The van der Waals surface area contributed by atoms with Crippen LogP contribution in [0.1, 0.15) is 168 Å². The van der Waals surface area contributed by atoms with Crippen LogP contribution in [0.4, 0.5) is 0 Å². The van der Waals surface area contributed by atoms with Crippen LogP contribution in [0.5, 0.6) is 0 Å². The topological polar surface area (TPSA) is 110 Å². The number of carbonyl (C=O) groups excluding carboxylic acids is 1. The summed E-state index contributed by atoms with van der Waals surface area (Å²) < 4.78 is 0. The third-order valence-electron chi connectivity index (χ3n) is 8.30. The van der Waals surface area contributed by atoms with Gasteiger partial charge in [0.25, 0.3) is 0 Å².